The highest BCUT2D eigenvalue weighted by atomic mass is 32.1. The number of hydrogen-bond acceptors (Lipinski definition) is 4. The van der Waals surface area contributed by atoms with Crippen molar-refractivity contribution in [3.8, 4) is 0 Å². The van der Waals surface area contributed by atoms with Crippen LogP contribution in [-0.2, 0) is 6.42 Å². The van der Waals surface area contributed by atoms with Gasteiger partial charge in [0, 0.05) is 27.9 Å². The van der Waals surface area contributed by atoms with E-state index >= 15 is 0 Å². The highest BCUT2D eigenvalue weighted by molar-refractivity contribution is 7.12. The van der Waals surface area contributed by atoms with Gasteiger partial charge in [0.05, 0.1) is 4.92 Å². The van der Waals surface area contributed by atoms with Crippen molar-refractivity contribution in [2.24, 2.45) is 0 Å². The zero-order valence-electron chi connectivity index (χ0n) is 11.6. The summed E-state index contributed by atoms with van der Waals surface area (Å²) in [7, 11) is 0. The Balaban J connectivity index is 2.13. The predicted octanol–water partition coefficient (Wildman–Crippen LogP) is 3.86. The lowest BCUT2D eigenvalue weighted by Gasteiger charge is -2.16. The molecular weight excluding hydrogens is 272 g/mol. The lowest BCUT2D eigenvalue weighted by molar-refractivity contribution is -0.384. The fourth-order valence-corrected chi connectivity index (χ4v) is 3.10. The lowest BCUT2D eigenvalue weighted by atomic mass is 10.0. The topological polar surface area (TPSA) is 55.2 Å². The van der Waals surface area contributed by atoms with Crippen LogP contribution >= 0.6 is 11.3 Å². The first-order chi connectivity index (χ1) is 9.60. The number of non-ortho nitro benzene ring substituents is 1. The Morgan fingerprint density at radius 1 is 1.25 bits per heavy atom. The molecule has 0 aliphatic heterocycles. The maximum Gasteiger partial charge on any atom is 0.269 e. The monoisotopic (exact) mass is 290 g/mol. The number of benzene rings is 1. The molecule has 0 aliphatic rings. The zero-order valence-corrected chi connectivity index (χ0v) is 12.4. The van der Waals surface area contributed by atoms with Crippen molar-refractivity contribution in [1.82, 2.24) is 5.32 Å². The molecule has 0 saturated carbocycles. The maximum absolute atomic E-state index is 10.7. The van der Waals surface area contributed by atoms with Crippen LogP contribution in [0.15, 0.2) is 36.4 Å². The van der Waals surface area contributed by atoms with Crippen LogP contribution in [0.1, 0.15) is 28.3 Å². The molecule has 1 N–H and O–H groups in total. The van der Waals surface area contributed by atoms with Crippen LogP contribution in [0.5, 0.6) is 0 Å². The Labute approximate surface area is 122 Å². The van der Waals surface area contributed by atoms with E-state index in [2.05, 4.69) is 31.3 Å². The van der Waals surface area contributed by atoms with Gasteiger partial charge in [-0.2, -0.15) is 0 Å². The molecule has 0 fully saturated rings. The molecule has 5 heteroatoms. The highest BCUT2D eigenvalue weighted by Crippen LogP contribution is 2.26. The highest BCUT2D eigenvalue weighted by Gasteiger charge is 2.14. The van der Waals surface area contributed by atoms with Crippen LogP contribution < -0.4 is 5.32 Å². The van der Waals surface area contributed by atoms with Crippen LogP contribution in [0.3, 0.4) is 0 Å². The smallest absolute Gasteiger partial charge is 0.269 e. The van der Waals surface area contributed by atoms with E-state index in [4.69, 9.17) is 0 Å². The minimum absolute atomic E-state index is 0.140. The Hall–Kier alpha value is -1.72. The van der Waals surface area contributed by atoms with Crippen molar-refractivity contribution in [2.45, 2.75) is 26.3 Å². The number of aryl methyl sites for hydroxylation is 1. The first-order valence-electron chi connectivity index (χ1n) is 6.63. The number of nitrogens with one attached hydrogen (secondary N) is 1. The quantitative estimate of drug-likeness (QED) is 0.649. The standard InChI is InChI=1S/C15H18N2O2S/c1-3-16-14(15-9-4-11(2)20-15)10-12-5-7-13(8-6-12)17(18)19/h4-9,14,16H,3,10H2,1-2H3. The van der Waals surface area contributed by atoms with Gasteiger partial charge in [-0.1, -0.05) is 19.1 Å². The van der Waals surface area contributed by atoms with Gasteiger partial charge in [0.2, 0.25) is 0 Å². The van der Waals surface area contributed by atoms with Crippen LogP contribution in [0, 0.1) is 17.0 Å². The number of thiophene rings is 1. The van der Waals surface area contributed by atoms with Crippen LogP contribution in [0.4, 0.5) is 5.69 Å². The van der Waals surface area contributed by atoms with Gasteiger partial charge >= 0.3 is 0 Å². The van der Waals surface area contributed by atoms with Gasteiger partial charge in [0.15, 0.2) is 0 Å². The third kappa shape index (κ3) is 3.65. The number of nitro groups is 1. The SMILES string of the molecule is CCNC(Cc1ccc([N+](=O)[O-])cc1)c1ccc(C)s1. The van der Waals surface area contributed by atoms with E-state index in [0.717, 1.165) is 18.5 Å². The summed E-state index contributed by atoms with van der Waals surface area (Å²) in [5.74, 6) is 0. The molecule has 1 atom stereocenters. The average molecular weight is 290 g/mol. The molecule has 0 radical (unpaired) electrons. The summed E-state index contributed by atoms with van der Waals surface area (Å²) in [4.78, 5) is 12.9. The summed E-state index contributed by atoms with van der Waals surface area (Å²) in [6, 6.07) is 11.3. The first kappa shape index (κ1) is 14.7. The molecule has 0 aliphatic carbocycles. The molecule has 0 amide bonds. The van der Waals surface area contributed by atoms with E-state index < -0.39 is 0 Å². The third-order valence-electron chi connectivity index (χ3n) is 3.14. The Kier molecular flexibility index (Phi) is 4.87. The number of nitro benzene ring substituents is 1. The van der Waals surface area contributed by atoms with Crippen LogP contribution in [-0.4, -0.2) is 11.5 Å². The Morgan fingerprint density at radius 2 is 1.95 bits per heavy atom. The van der Waals surface area contributed by atoms with Crippen molar-refractivity contribution in [3.05, 3.63) is 61.8 Å². The van der Waals surface area contributed by atoms with Gasteiger partial charge in [-0.3, -0.25) is 10.1 Å². The second-order valence-corrected chi connectivity index (χ2v) is 6.01. The van der Waals surface area contributed by atoms with Gasteiger partial charge in [0.25, 0.3) is 5.69 Å². The minimum Gasteiger partial charge on any atom is -0.309 e. The van der Waals surface area contributed by atoms with E-state index in [1.165, 1.54) is 9.75 Å². The predicted molar refractivity (Wildman–Crippen MR) is 82.3 cm³/mol. The van der Waals surface area contributed by atoms with Crippen molar-refractivity contribution in [2.75, 3.05) is 6.54 Å². The van der Waals surface area contributed by atoms with Crippen molar-refractivity contribution in [1.29, 1.82) is 0 Å². The van der Waals surface area contributed by atoms with Gasteiger partial charge in [-0.05, 0) is 37.6 Å². The van der Waals surface area contributed by atoms with E-state index in [1.54, 1.807) is 23.5 Å². The van der Waals surface area contributed by atoms with Gasteiger partial charge in [-0.25, -0.2) is 0 Å². The summed E-state index contributed by atoms with van der Waals surface area (Å²) in [6.45, 7) is 5.08. The molecule has 1 aromatic heterocycles. The van der Waals surface area contributed by atoms with Crippen molar-refractivity contribution >= 4 is 17.0 Å². The minimum atomic E-state index is -0.367. The van der Waals surface area contributed by atoms with E-state index in [0.29, 0.717) is 0 Å². The van der Waals surface area contributed by atoms with Gasteiger partial charge < -0.3 is 5.32 Å². The summed E-state index contributed by atoms with van der Waals surface area (Å²) in [6.07, 6.45) is 0.839. The summed E-state index contributed by atoms with van der Waals surface area (Å²) in [5.41, 5.74) is 1.24. The van der Waals surface area contributed by atoms with Crippen molar-refractivity contribution in [3.63, 3.8) is 0 Å². The zero-order chi connectivity index (χ0) is 14.5. The molecule has 0 spiro atoms. The maximum atomic E-state index is 10.7. The van der Waals surface area contributed by atoms with Crippen LogP contribution in [0.25, 0.3) is 0 Å². The molecule has 1 unspecified atom stereocenters. The fraction of sp³-hybridized carbons (Fsp3) is 0.333. The average Bonchev–Trinajstić information content (AvgIpc) is 2.85. The molecule has 1 aromatic carbocycles. The van der Waals surface area contributed by atoms with Crippen molar-refractivity contribution < 1.29 is 4.92 Å². The van der Waals surface area contributed by atoms with Gasteiger partial charge in [-0.15, -0.1) is 11.3 Å². The molecule has 0 saturated heterocycles. The normalized spacial score (nSPS) is 12.3. The van der Waals surface area contributed by atoms with E-state index in [-0.39, 0.29) is 16.7 Å². The molecule has 2 rings (SSSR count). The molecule has 20 heavy (non-hydrogen) atoms. The number of nitrogens with zero attached hydrogens (tertiary/aromatic N) is 1. The van der Waals surface area contributed by atoms with E-state index in [1.807, 2.05) is 12.1 Å². The first-order valence-corrected chi connectivity index (χ1v) is 7.45. The molecule has 106 valence electrons. The molecule has 1 heterocycles. The number of likely N-dealkylation sites (N-methyl/N-ethyl adjacent to an activating group) is 1. The lowest BCUT2D eigenvalue weighted by Crippen LogP contribution is -2.22. The second-order valence-electron chi connectivity index (χ2n) is 4.69. The van der Waals surface area contributed by atoms with E-state index in [9.17, 15) is 10.1 Å². The Bertz CT molecular complexity index is 578. The largest absolute Gasteiger partial charge is 0.309 e. The summed E-state index contributed by atoms with van der Waals surface area (Å²) >= 11 is 1.79. The molecular formula is C15H18N2O2S. The molecule has 2 aromatic rings. The molecule has 0 bridgehead atoms. The third-order valence-corrected chi connectivity index (χ3v) is 4.26. The van der Waals surface area contributed by atoms with Crippen LogP contribution in [0.2, 0.25) is 0 Å². The fourth-order valence-electron chi connectivity index (χ4n) is 2.15. The molecule has 4 nitrogen and oxygen atoms in total. The number of hydrogen-bond donors (Lipinski definition) is 1. The summed E-state index contributed by atoms with van der Waals surface area (Å²) in [5, 5.41) is 14.1. The Morgan fingerprint density at radius 3 is 2.45 bits per heavy atom. The second kappa shape index (κ2) is 6.63. The number of rotatable bonds is 6. The van der Waals surface area contributed by atoms with Gasteiger partial charge in [0.1, 0.15) is 0 Å². The summed E-state index contributed by atoms with van der Waals surface area (Å²) < 4.78 is 0.